The fourth-order valence-electron chi connectivity index (χ4n) is 4.18. The molecule has 2 aliphatic heterocycles. The van der Waals surface area contributed by atoms with Gasteiger partial charge in [0.05, 0.1) is 6.04 Å². The molecule has 1 unspecified atom stereocenters. The van der Waals surface area contributed by atoms with Crippen molar-refractivity contribution in [3.63, 3.8) is 0 Å². The lowest BCUT2D eigenvalue weighted by atomic mass is 9.74. The van der Waals surface area contributed by atoms with Gasteiger partial charge in [0.2, 0.25) is 0 Å². The number of carbonyl (C=O) groups is 1. The van der Waals surface area contributed by atoms with Gasteiger partial charge in [-0.2, -0.15) is 5.10 Å². The lowest BCUT2D eigenvalue weighted by Crippen LogP contribution is -2.44. The van der Waals surface area contributed by atoms with E-state index in [0.29, 0.717) is 18.3 Å². The van der Waals surface area contributed by atoms with Crippen LogP contribution in [-0.2, 0) is 10.2 Å². The van der Waals surface area contributed by atoms with E-state index in [1.54, 1.807) is 0 Å². The van der Waals surface area contributed by atoms with Gasteiger partial charge < -0.3 is 15.4 Å². The van der Waals surface area contributed by atoms with Gasteiger partial charge in [0, 0.05) is 37.9 Å². The molecule has 0 radical (unpaired) electrons. The third-order valence-corrected chi connectivity index (χ3v) is 5.91. The average molecular weight is 368 g/mol. The van der Waals surface area contributed by atoms with Gasteiger partial charge in [-0.1, -0.05) is 30.3 Å². The van der Waals surface area contributed by atoms with Crippen LogP contribution in [0, 0.1) is 0 Å². The Hall–Kier alpha value is -2.18. The van der Waals surface area contributed by atoms with Crippen molar-refractivity contribution in [2.45, 2.75) is 37.1 Å². The minimum atomic E-state index is -0.0979. The monoisotopic (exact) mass is 368 g/mol. The summed E-state index contributed by atoms with van der Waals surface area (Å²) in [4.78, 5) is 12.7. The maximum absolute atomic E-state index is 12.7. The van der Waals surface area contributed by atoms with Crippen LogP contribution in [0.25, 0.3) is 0 Å². The lowest BCUT2D eigenvalue weighted by Gasteiger charge is -2.37. The molecule has 144 valence electrons. The summed E-state index contributed by atoms with van der Waals surface area (Å²) in [5.74, 6) is -0.0979. The predicted octanol–water partition coefficient (Wildman–Crippen LogP) is 2.29. The smallest absolute Gasteiger partial charge is 0.271 e. The van der Waals surface area contributed by atoms with Gasteiger partial charge >= 0.3 is 0 Å². The molecule has 1 aromatic heterocycles. The molecule has 2 aliphatic rings. The van der Waals surface area contributed by atoms with Crippen molar-refractivity contribution in [1.29, 1.82) is 0 Å². The van der Waals surface area contributed by atoms with Crippen LogP contribution in [0.15, 0.2) is 42.6 Å². The highest BCUT2D eigenvalue weighted by molar-refractivity contribution is 5.92. The van der Waals surface area contributed by atoms with E-state index in [1.807, 2.05) is 23.0 Å². The van der Waals surface area contributed by atoms with Crippen molar-refractivity contribution in [2.75, 3.05) is 32.8 Å². The van der Waals surface area contributed by atoms with E-state index in [9.17, 15) is 4.79 Å². The quantitative estimate of drug-likeness (QED) is 0.850. The summed E-state index contributed by atoms with van der Waals surface area (Å²) in [7, 11) is 0. The van der Waals surface area contributed by atoms with Gasteiger partial charge in [-0.05, 0) is 43.9 Å². The van der Waals surface area contributed by atoms with Crippen LogP contribution in [0.5, 0.6) is 0 Å². The minimum absolute atomic E-state index is 0.0645. The molecule has 4 rings (SSSR count). The Labute approximate surface area is 160 Å². The van der Waals surface area contributed by atoms with E-state index < -0.39 is 0 Å². The molecule has 6 heteroatoms. The number of piperidine rings is 1. The van der Waals surface area contributed by atoms with Gasteiger partial charge in [0.25, 0.3) is 5.91 Å². The molecule has 6 nitrogen and oxygen atoms in total. The van der Waals surface area contributed by atoms with Crippen molar-refractivity contribution in [3.8, 4) is 0 Å². The Morgan fingerprint density at radius 3 is 2.81 bits per heavy atom. The second-order valence-electron chi connectivity index (χ2n) is 7.62. The zero-order chi connectivity index (χ0) is 18.5. The Morgan fingerprint density at radius 2 is 2.07 bits per heavy atom. The molecule has 0 aliphatic carbocycles. The number of hydrogen-bond donors (Lipinski definition) is 2. The third kappa shape index (κ3) is 4.06. The summed E-state index contributed by atoms with van der Waals surface area (Å²) in [6.07, 6.45) is 6.01. The largest absolute Gasteiger partial charge is 0.381 e. The molecule has 2 saturated heterocycles. The van der Waals surface area contributed by atoms with Crippen LogP contribution in [0.2, 0.25) is 0 Å². The highest BCUT2D eigenvalue weighted by Gasteiger charge is 2.35. The summed E-state index contributed by atoms with van der Waals surface area (Å²) in [5.41, 5.74) is 1.70. The lowest BCUT2D eigenvalue weighted by molar-refractivity contribution is 0.0486. The molecule has 1 atom stereocenters. The van der Waals surface area contributed by atoms with Crippen LogP contribution in [-0.4, -0.2) is 48.5 Å². The Bertz CT molecular complexity index is 747. The van der Waals surface area contributed by atoms with Crippen molar-refractivity contribution in [2.24, 2.45) is 0 Å². The number of hydrogen-bond acceptors (Lipinski definition) is 4. The van der Waals surface area contributed by atoms with Gasteiger partial charge in [0.15, 0.2) is 0 Å². The molecule has 2 N–H and O–H groups in total. The number of rotatable bonds is 5. The number of amides is 1. The predicted molar refractivity (Wildman–Crippen MR) is 104 cm³/mol. The van der Waals surface area contributed by atoms with Gasteiger partial charge in [0.1, 0.15) is 5.69 Å². The molecule has 2 fully saturated rings. The fourth-order valence-corrected chi connectivity index (χ4v) is 4.18. The number of benzene rings is 1. The standard InChI is InChI=1S/C21H28N4O2/c26-20(19-8-12-25(24-19)18-7-4-11-22-15-18)23-16-21(9-13-27-14-10-21)17-5-2-1-3-6-17/h1-3,5-6,8,12,18,22H,4,7,9-11,13-16H2,(H,23,26). The van der Waals surface area contributed by atoms with Crippen LogP contribution in [0.3, 0.4) is 0 Å². The first kappa shape index (κ1) is 18.2. The maximum atomic E-state index is 12.7. The highest BCUT2D eigenvalue weighted by Crippen LogP contribution is 2.34. The SMILES string of the molecule is O=C(NCC1(c2ccccc2)CCOCC1)c1ccn(C2CCCNC2)n1. The number of nitrogens with one attached hydrogen (secondary N) is 2. The number of nitrogens with zero attached hydrogens (tertiary/aromatic N) is 2. The molecule has 0 bridgehead atoms. The van der Waals surface area contributed by atoms with Crippen LogP contribution in [0.1, 0.15) is 47.8 Å². The second kappa shape index (κ2) is 8.23. The first-order valence-corrected chi connectivity index (χ1v) is 9.94. The average Bonchev–Trinajstić information content (AvgIpc) is 3.24. The third-order valence-electron chi connectivity index (χ3n) is 5.91. The van der Waals surface area contributed by atoms with E-state index in [4.69, 9.17) is 4.74 Å². The fraction of sp³-hybridized carbons (Fsp3) is 0.524. The molecule has 0 saturated carbocycles. The molecule has 0 spiro atoms. The molecular formula is C21H28N4O2. The summed E-state index contributed by atoms with van der Waals surface area (Å²) < 4.78 is 7.51. The summed E-state index contributed by atoms with van der Waals surface area (Å²) >= 11 is 0. The molecule has 1 aromatic carbocycles. The molecule has 2 aromatic rings. The van der Waals surface area contributed by atoms with Crippen molar-refractivity contribution < 1.29 is 9.53 Å². The zero-order valence-corrected chi connectivity index (χ0v) is 15.7. The Morgan fingerprint density at radius 1 is 1.26 bits per heavy atom. The first-order valence-electron chi connectivity index (χ1n) is 9.94. The molecule has 1 amide bonds. The zero-order valence-electron chi connectivity index (χ0n) is 15.7. The number of carbonyl (C=O) groups excluding carboxylic acids is 1. The van der Waals surface area contributed by atoms with E-state index in [0.717, 1.165) is 52.0 Å². The minimum Gasteiger partial charge on any atom is -0.381 e. The van der Waals surface area contributed by atoms with E-state index in [-0.39, 0.29) is 11.3 Å². The Balaban J connectivity index is 1.43. The van der Waals surface area contributed by atoms with E-state index >= 15 is 0 Å². The van der Waals surface area contributed by atoms with Crippen molar-refractivity contribution in [3.05, 3.63) is 53.9 Å². The summed E-state index contributed by atoms with van der Waals surface area (Å²) in [6.45, 7) is 4.05. The van der Waals surface area contributed by atoms with Gasteiger partial charge in [-0.3, -0.25) is 9.48 Å². The van der Waals surface area contributed by atoms with Gasteiger partial charge in [-0.15, -0.1) is 0 Å². The topological polar surface area (TPSA) is 68.2 Å². The second-order valence-corrected chi connectivity index (χ2v) is 7.62. The molecule has 27 heavy (non-hydrogen) atoms. The molecular weight excluding hydrogens is 340 g/mol. The van der Waals surface area contributed by atoms with Crippen LogP contribution >= 0.6 is 0 Å². The van der Waals surface area contributed by atoms with Crippen molar-refractivity contribution in [1.82, 2.24) is 20.4 Å². The van der Waals surface area contributed by atoms with Gasteiger partial charge in [-0.25, -0.2) is 0 Å². The molecule has 3 heterocycles. The summed E-state index contributed by atoms with van der Waals surface area (Å²) in [5, 5.41) is 11.1. The summed E-state index contributed by atoms with van der Waals surface area (Å²) in [6, 6.07) is 12.6. The Kier molecular flexibility index (Phi) is 5.55. The number of ether oxygens (including phenoxy) is 1. The highest BCUT2D eigenvalue weighted by atomic mass is 16.5. The van der Waals surface area contributed by atoms with Crippen LogP contribution in [0.4, 0.5) is 0 Å². The first-order chi connectivity index (χ1) is 13.3. The van der Waals surface area contributed by atoms with Crippen molar-refractivity contribution >= 4 is 5.91 Å². The normalized spacial score (nSPS) is 22.3. The van der Waals surface area contributed by atoms with Crippen LogP contribution < -0.4 is 10.6 Å². The van der Waals surface area contributed by atoms with E-state index in [1.165, 1.54) is 5.56 Å². The maximum Gasteiger partial charge on any atom is 0.271 e. The van der Waals surface area contributed by atoms with E-state index in [2.05, 4.69) is 40.0 Å². The number of aromatic nitrogens is 2.